The molecule has 3 aliphatic heterocycles. The van der Waals surface area contributed by atoms with Crippen molar-refractivity contribution in [3.63, 3.8) is 0 Å². The standard InChI is InChI=1S/C35H48N4O8S/c1-22(2)12-14-36-18-28-27-17-25(10-11-29(27)37-33(28)41)48(43,44)39(19-23(3)4)20-31(40)30(16-24-8-6-5-7-9-24)38-35(42)47-32-21-46-34-26(32)13-15-45-34/h5-11,17-18,22-23,26,30-32,34,36,40H,12-16,19-21H2,1-4H3,(H,37,41)(H,38,42)/b28-18+. The molecule has 5 unspecified atom stereocenters. The number of benzene rings is 2. The third kappa shape index (κ3) is 8.75. The lowest BCUT2D eigenvalue weighted by molar-refractivity contribution is -0.110. The molecular formula is C35H48N4O8S. The summed E-state index contributed by atoms with van der Waals surface area (Å²) in [4.78, 5) is 25.9. The van der Waals surface area contributed by atoms with Gasteiger partial charge in [0.25, 0.3) is 5.91 Å². The summed E-state index contributed by atoms with van der Waals surface area (Å²) in [6.45, 7) is 9.29. The van der Waals surface area contributed by atoms with E-state index in [1.54, 1.807) is 12.3 Å². The molecule has 3 heterocycles. The van der Waals surface area contributed by atoms with E-state index in [0.29, 0.717) is 35.9 Å². The lowest BCUT2D eigenvalue weighted by Gasteiger charge is -2.31. The van der Waals surface area contributed by atoms with Gasteiger partial charge in [-0.05, 0) is 54.9 Å². The predicted octanol–water partition coefficient (Wildman–Crippen LogP) is 3.72. The molecule has 0 aliphatic carbocycles. The van der Waals surface area contributed by atoms with Gasteiger partial charge in [-0.2, -0.15) is 4.31 Å². The number of ether oxygens (including phenoxy) is 3. The first-order chi connectivity index (χ1) is 22.9. The van der Waals surface area contributed by atoms with Crippen LogP contribution in [0.5, 0.6) is 0 Å². The maximum absolute atomic E-state index is 14.2. The number of anilines is 1. The molecule has 2 saturated heterocycles. The molecule has 262 valence electrons. The smallest absolute Gasteiger partial charge is 0.407 e. The van der Waals surface area contributed by atoms with Crippen LogP contribution in [-0.2, 0) is 35.4 Å². The van der Waals surface area contributed by atoms with Crippen molar-refractivity contribution in [1.82, 2.24) is 14.9 Å². The largest absolute Gasteiger partial charge is 0.443 e. The van der Waals surface area contributed by atoms with E-state index >= 15 is 0 Å². The minimum atomic E-state index is -4.14. The number of rotatable bonds is 15. The van der Waals surface area contributed by atoms with Crippen LogP contribution in [0.2, 0.25) is 0 Å². The van der Waals surface area contributed by atoms with Crippen LogP contribution in [-0.4, -0.2) is 87.2 Å². The Morgan fingerprint density at radius 1 is 1.10 bits per heavy atom. The molecule has 0 spiro atoms. The lowest BCUT2D eigenvalue weighted by atomic mass is 10.0. The Bertz CT molecular complexity index is 1570. The average molecular weight is 685 g/mol. The summed E-state index contributed by atoms with van der Waals surface area (Å²) in [7, 11) is -4.14. The third-order valence-electron chi connectivity index (χ3n) is 8.79. The van der Waals surface area contributed by atoms with E-state index in [1.807, 2.05) is 44.2 Å². The summed E-state index contributed by atoms with van der Waals surface area (Å²) in [5.41, 5.74) is 2.22. The van der Waals surface area contributed by atoms with E-state index < -0.39 is 34.4 Å². The second kappa shape index (κ2) is 15.8. The molecule has 48 heavy (non-hydrogen) atoms. The molecule has 12 nitrogen and oxygen atoms in total. The zero-order chi connectivity index (χ0) is 34.4. The maximum atomic E-state index is 14.2. The van der Waals surface area contributed by atoms with Crippen molar-refractivity contribution in [2.45, 2.75) is 76.4 Å². The quantitative estimate of drug-likeness (QED) is 0.162. The first-order valence-corrected chi connectivity index (χ1v) is 18.2. The van der Waals surface area contributed by atoms with Crippen LogP contribution in [0.4, 0.5) is 10.5 Å². The fourth-order valence-corrected chi connectivity index (χ4v) is 7.85. The lowest BCUT2D eigenvalue weighted by Crippen LogP contribution is -2.51. The fourth-order valence-electron chi connectivity index (χ4n) is 6.20. The van der Waals surface area contributed by atoms with E-state index in [2.05, 4.69) is 29.8 Å². The van der Waals surface area contributed by atoms with Gasteiger partial charge in [0, 0.05) is 37.1 Å². The Labute approximate surface area is 283 Å². The van der Waals surface area contributed by atoms with E-state index in [4.69, 9.17) is 14.2 Å². The number of nitrogens with one attached hydrogen (secondary N) is 3. The van der Waals surface area contributed by atoms with Gasteiger partial charge >= 0.3 is 6.09 Å². The molecular weight excluding hydrogens is 636 g/mol. The van der Waals surface area contributed by atoms with Gasteiger partial charge < -0.3 is 35.3 Å². The van der Waals surface area contributed by atoms with Gasteiger partial charge in [-0.1, -0.05) is 58.0 Å². The number of fused-ring (bicyclic) bond motifs is 2. The third-order valence-corrected chi connectivity index (χ3v) is 10.6. The van der Waals surface area contributed by atoms with Gasteiger partial charge in [0.2, 0.25) is 10.0 Å². The Kier molecular flexibility index (Phi) is 11.8. The highest BCUT2D eigenvalue weighted by molar-refractivity contribution is 7.89. The van der Waals surface area contributed by atoms with Crippen molar-refractivity contribution >= 4 is 33.3 Å². The molecule has 2 aromatic rings. The molecule has 2 fully saturated rings. The molecule has 0 bridgehead atoms. The molecule has 2 aromatic carbocycles. The molecule has 2 amide bonds. The van der Waals surface area contributed by atoms with Gasteiger partial charge in [-0.15, -0.1) is 0 Å². The molecule has 0 radical (unpaired) electrons. The van der Waals surface area contributed by atoms with Crippen LogP contribution in [0.25, 0.3) is 5.57 Å². The van der Waals surface area contributed by atoms with Crippen molar-refractivity contribution in [1.29, 1.82) is 0 Å². The first-order valence-electron chi connectivity index (χ1n) is 16.7. The van der Waals surface area contributed by atoms with Crippen molar-refractivity contribution < 1.29 is 37.3 Å². The Morgan fingerprint density at radius 2 is 1.88 bits per heavy atom. The van der Waals surface area contributed by atoms with Crippen LogP contribution in [0.15, 0.2) is 59.6 Å². The molecule has 3 aliphatic rings. The number of aliphatic hydroxyl groups excluding tert-OH is 1. The number of aliphatic hydroxyl groups is 1. The Balaban J connectivity index is 1.35. The van der Waals surface area contributed by atoms with E-state index in [9.17, 15) is 23.1 Å². The van der Waals surface area contributed by atoms with Gasteiger partial charge in [0.05, 0.1) is 41.7 Å². The summed E-state index contributed by atoms with van der Waals surface area (Å²) < 4.78 is 46.5. The molecule has 13 heteroatoms. The summed E-state index contributed by atoms with van der Waals surface area (Å²) in [5, 5.41) is 20.4. The number of hydrogen-bond acceptors (Lipinski definition) is 9. The van der Waals surface area contributed by atoms with E-state index in [0.717, 1.165) is 18.4 Å². The average Bonchev–Trinajstić information content (AvgIpc) is 3.74. The second-order valence-corrected chi connectivity index (χ2v) is 15.5. The summed E-state index contributed by atoms with van der Waals surface area (Å²) in [5.74, 6) is 0.0565. The summed E-state index contributed by atoms with van der Waals surface area (Å²) in [6.07, 6.45) is 0.652. The number of carbonyl (C=O) groups excluding carboxylic acids is 2. The molecule has 4 N–H and O–H groups in total. The maximum Gasteiger partial charge on any atom is 0.407 e. The molecule has 0 saturated carbocycles. The van der Waals surface area contributed by atoms with Gasteiger partial charge in [-0.3, -0.25) is 4.79 Å². The van der Waals surface area contributed by atoms with Gasteiger partial charge in [-0.25, -0.2) is 13.2 Å². The number of alkyl carbamates (subject to hydrolysis) is 1. The monoisotopic (exact) mass is 684 g/mol. The van der Waals surface area contributed by atoms with Crippen molar-refractivity contribution in [2.24, 2.45) is 17.8 Å². The number of hydrogen-bond donors (Lipinski definition) is 4. The van der Waals surface area contributed by atoms with Crippen molar-refractivity contribution in [3.8, 4) is 0 Å². The van der Waals surface area contributed by atoms with Crippen molar-refractivity contribution in [2.75, 3.05) is 38.2 Å². The molecule has 5 rings (SSSR count). The Hall–Kier alpha value is -3.49. The molecule has 0 aromatic heterocycles. The zero-order valence-corrected chi connectivity index (χ0v) is 28.9. The topological polar surface area (TPSA) is 156 Å². The minimum Gasteiger partial charge on any atom is -0.443 e. The van der Waals surface area contributed by atoms with Crippen LogP contribution in [0.1, 0.15) is 51.7 Å². The van der Waals surface area contributed by atoms with Crippen LogP contribution < -0.4 is 16.0 Å². The predicted molar refractivity (Wildman–Crippen MR) is 181 cm³/mol. The number of amides is 2. The second-order valence-electron chi connectivity index (χ2n) is 13.5. The zero-order valence-electron chi connectivity index (χ0n) is 28.1. The van der Waals surface area contributed by atoms with Gasteiger partial charge in [0.1, 0.15) is 6.10 Å². The SMILES string of the molecule is CC(C)CCN/C=C1/C(=O)Nc2ccc(S(=O)(=O)N(CC(C)C)CC(O)C(Cc3ccccc3)NC(=O)OC3COC4OCCC34)cc21. The minimum absolute atomic E-state index is 0.000212. The van der Waals surface area contributed by atoms with Gasteiger partial charge in [0.15, 0.2) is 6.29 Å². The highest BCUT2D eigenvalue weighted by Gasteiger charge is 2.44. The molecule has 5 atom stereocenters. The van der Waals surface area contributed by atoms with Crippen LogP contribution in [0, 0.1) is 17.8 Å². The van der Waals surface area contributed by atoms with Crippen LogP contribution in [0.3, 0.4) is 0 Å². The Morgan fingerprint density at radius 3 is 2.60 bits per heavy atom. The first kappa shape index (κ1) is 35.8. The number of nitrogens with zero attached hydrogens (tertiary/aromatic N) is 1. The number of carbonyl (C=O) groups is 2. The highest BCUT2D eigenvalue weighted by Crippen LogP contribution is 2.35. The normalized spacial score (nSPS) is 22.5. The van der Waals surface area contributed by atoms with E-state index in [1.165, 1.54) is 16.4 Å². The summed E-state index contributed by atoms with van der Waals surface area (Å²) in [6, 6.07) is 13.0. The van der Waals surface area contributed by atoms with E-state index in [-0.39, 0.29) is 55.0 Å². The van der Waals surface area contributed by atoms with Crippen LogP contribution >= 0.6 is 0 Å². The fraction of sp³-hybridized carbons (Fsp3) is 0.543. The summed E-state index contributed by atoms with van der Waals surface area (Å²) >= 11 is 0. The highest BCUT2D eigenvalue weighted by atomic mass is 32.2. The number of sulfonamides is 1. The van der Waals surface area contributed by atoms with Crippen molar-refractivity contribution in [3.05, 3.63) is 65.9 Å².